The Morgan fingerprint density at radius 1 is 1.04 bits per heavy atom. The van der Waals surface area contributed by atoms with Gasteiger partial charge in [0, 0.05) is 25.3 Å². The molecule has 0 aromatic heterocycles. The van der Waals surface area contributed by atoms with Gasteiger partial charge in [-0.15, -0.1) is 0 Å². The number of hydrogen-bond acceptors (Lipinski definition) is 4. The first-order valence-electron chi connectivity index (χ1n) is 8.93. The van der Waals surface area contributed by atoms with Crippen molar-refractivity contribution >= 4 is 11.6 Å². The third-order valence-electron chi connectivity index (χ3n) is 4.45. The lowest BCUT2D eigenvalue weighted by atomic mass is 10.2. The van der Waals surface area contributed by atoms with E-state index in [0.717, 1.165) is 24.2 Å². The number of aliphatic imine (C=N–C) groups is 1. The summed E-state index contributed by atoms with van der Waals surface area (Å²) in [6.07, 6.45) is 4.36. The maximum absolute atomic E-state index is 6.02. The third kappa shape index (κ3) is 4.94. The molecule has 1 aliphatic rings. The number of rotatable bonds is 7. The van der Waals surface area contributed by atoms with Gasteiger partial charge in [0.1, 0.15) is 0 Å². The Morgan fingerprint density at radius 3 is 2.56 bits per heavy atom. The van der Waals surface area contributed by atoms with Crippen LogP contribution in [0.25, 0.3) is 0 Å². The molecule has 0 unspecified atom stereocenters. The van der Waals surface area contributed by atoms with Crippen molar-refractivity contribution in [3.63, 3.8) is 0 Å². The van der Waals surface area contributed by atoms with Crippen molar-refractivity contribution < 1.29 is 9.47 Å². The molecule has 6 nitrogen and oxygen atoms in total. The summed E-state index contributed by atoms with van der Waals surface area (Å²) in [5.41, 5.74) is 9.40. The van der Waals surface area contributed by atoms with Crippen LogP contribution >= 0.6 is 0 Å². The molecule has 0 spiro atoms. The number of nitrogens with one attached hydrogen (secondary N) is 1. The quantitative estimate of drug-likeness (QED) is 0.448. The van der Waals surface area contributed by atoms with Crippen LogP contribution in [0.1, 0.15) is 11.1 Å². The Hall–Kier alpha value is -3.15. The molecule has 1 aliphatic heterocycles. The van der Waals surface area contributed by atoms with Crippen molar-refractivity contribution in [2.24, 2.45) is 10.7 Å². The SMILES string of the molecule is COc1ccc(CNC(N)=NCc2cccc(N3CC=CC3)c2)cc1OC. The fourth-order valence-electron chi connectivity index (χ4n) is 2.96. The summed E-state index contributed by atoms with van der Waals surface area (Å²) in [7, 11) is 3.24. The molecular weight excluding hydrogens is 340 g/mol. The third-order valence-corrected chi connectivity index (χ3v) is 4.45. The van der Waals surface area contributed by atoms with Gasteiger partial charge in [-0.2, -0.15) is 0 Å². The molecule has 0 saturated heterocycles. The van der Waals surface area contributed by atoms with E-state index in [1.165, 1.54) is 5.69 Å². The van der Waals surface area contributed by atoms with Crippen LogP contribution in [0.2, 0.25) is 0 Å². The molecule has 3 rings (SSSR count). The van der Waals surface area contributed by atoms with Crippen molar-refractivity contribution in [2.45, 2.75) is 13.1 Å². The van der Waals surface area contributed by atoms with Crippen LogP contribution in [-0.2, 0) is 13.1 Å². The summed E-state index contributed by atoms with van der Waals surface area (Å²) in [5, 5.41) is 3.14. The molecule has 1 heterocycles. The summed E-state index contributed by atoms with van der Waals surface area (Å²) in [6.45, 7) is 3.03. The van der Waals surface area contributed by atoms with Crippen LogP contribution in [0.4, 0.5) is 5.69 Å². The largest absolute Gasteiger partial charge is 0.493 e. The predicted octanol–water partition coefficient (Wildman–Crippen LogP) is 2.68. The summed E-state index contributed by atoms with van der Waals surface area (Å²) < 4.78 is 10.6. The van der Waals surface area contributed by atoms with E-state index in [9.17, 15) is 0 Å². The van der Waals surface area contributed by atoms with Crippen molar-refractivity contribution in [2.75, 3.05) is 32.2 Å². The summed E-state index contributed by atoms with van der Waals surface area (Å²) in [4.78, 5) is 6.76. The van der Waals surface area contributed by atoms with Crippen LogP contribution in [0.3, 0.4) is 0 Å². The van der Waals surface area contributed by atoms with Gasteiger partial charge in [-0.3, -0.25) is 0 Å². The highest BCUT2D eigenvalue weighted by Gasteiger charge is 2.08. The van der Waals surface area contributed by atoms with Crippen LogP contribution in [0.15, 0.2) is 59.6 Å². The van der Waals surface area contributed by atoms with Crippen molar-refractivity contribution in [3.8, 4) is 11.5 Å². The summed E-state index contributed by atoms with van der Waals surface area (Å²) >= 11 is 0. The molecule has 3 N–H and O–H groups in total. The van der Waals surface area contributed by atoms with E-state index in [1.807, 2.05) is 18.2 Å². The monoisotopic (exact) mass is 366 g/mol. The van der Waals surface area contributed by atoms with E-state index < -0.39 is 0 Å². The smallest absolute Gasteiger partial charge is 0.189 e. The van der Waals surface area contributed by atoms with E-state index in [-0.39, 0.29) is 0 Å². The molecule has 0 amide bonds. The Labute approximate surface area is 160 Å². The Bertz CT molecular complexity index is 825. The Kier molecular flexibility index (Phi) is 6.20. The minimum atomic E-state index is 0.415. The van der Waals surface area contributed by atoms with Gasteiger partial charge in [0.25, 0.3) is 0 Å². The Balaban J connectivity index is 1.56. The van der Waals surface area contributed by atoms with Gasteiger partial charge in [0.15, 0.2) is 17.5 Å². The zero-order valence-electron chi connectivity index (χ0n) is 15.8. The standard InChI is InChI=1S/C21H26N4O2/c1-26-19-9-8-17(13-20(19)27-2)15-24-21(22)23-14-16-6-5-7-18(12-16)25-10-3-4-11-25/h3-9,12-13H,10-11,14-15H2,1-2H3,(H3,22,23,24). The van der Waals surface area contributed by atoms with E-state index in [1.54, 1.807) is 14.2 Å². The van der Waals surface area contributed by atoms with Crippen LogP contribution in [0.5, 0.6) is 11.5 Å². The molecular formula is C21H26N4O2. The molecule has 2 aromatic rings. The van der Waals surface area contributed by atoms with Crippen LogP contribution in [0, 0.1) is 0 Å². The predicted molar refractivity (Wildman–Crippen MR) is 110 cm³/mol. The molecule has 0 atom stereocenters. The Morgan fingerprint density at radius 2 is 1.81 bits per heavy atom. The lowest BCUT2D eigenvalue weighted by molar-refractivity contribution is 0.354. The molecule has 142 valence electrons. The maximum Gasteiger partial charge on any atom is 0.189 e. The lowest BCUT2D eigenvalue weighted by Crippen LogP contribution is -2.31. The van der Waals surface area contributed by atoms with Gasteiger partial charge in [-0.05, 0) is 35.4 Å². The summed E-state index contributed by atoms with van der Waals surface area (Å²) in [6, 6.07) is 14.2. The number of nitrogens with zero attached hydrogens (tertiary/aromatic N) is 2. The first-order valence-corrected chi connectivity index (χ1v) is 8.93. The van der Waals surface area contributed by atoms with Crippen LogP contribution in [-0.4, -0.2) is 33.3 Å². The van der Waals surface area contributed by atoms with Gasteiger partial charge in [0.2, 0.25) is 0 Å². The fourth-order valence-corrected chi connectivity index (χ4v) is 2.96. The number of nitrogens with two attached hydrogens (primary N) is 1. The zero-order chi connectivity index (χ0) is 19.1. The number of guanidine groups is 1. The first kappa shape index (κ1) is 18.6. The highest BCUT2D eigenvalue weighted by Crippen LogP contribution is 2.27. The van der Waals surface area contributed by atoms with E-state index in [2.05, 4.69) is 51.6 Å². The maximum atomic E-state index is 6.02. The van der Waals surface area contributed by atoms with Gasteiger partial charge >= 0.3 is 0 Å². The highest BCUT2D eigenvalue weighted by molar-refractivity contribution is 5.77. The van der Waals surface area contributed by atoms with Gasteiger partial charge in [-0.1, -0.05) is 30.4 Å². The van der Waals surface area contributed by atoms with E-state index in [4.69, 9.17) is 15.2 Å². The number of methoxy groups -OCH3 is 2. The second-order valence-corrected chi connectivity index (χ2v) is 6.29. The second-order valence-electron chi connectivity index (χ2n) is 6.29. The van der Waals surface area contributed by atoms with Crippen molar-refractivity contribution in [1.29, 1.82) is 0 Å². The van der Waals surface area contributed by atoms with Gasteiger partial charge in [-0.25, -0.2) is 4.99 Å². The second kappa shape index (κ2) is 8.98. The van der Waals surface area contributed by atoms with E-state index >= 15 is 0 Å². The van der Waals surface area contributed by atoms with Gasteiger partial charge in [0.05, 0.1) is 20.8 Å². The fraction of sp³-hybridized carbons (Fsp3) is 0.286. The average Bonchev–Trinajstić information content (AvgIpc) is 3.25. The molecule has 27 heavy (non-hydrogen) atoms. The lowest BCUT2D eigenvalue weighted by Gasteiger charge is -2.18. The van der Waals surface area contributed by atoms with Crippen molar-refractivity contribution in [3.05, 3.63) is 65.7 Å². The number of ether oxygens (including phenoxy) is 2. The van der Waals surface area contributed by atoms with Crippen LogP contribution < -0.4 is 25.4 Å². The average molecular weight is 366 g/mol. The molecule has 0 bridgehead atoms. The van der Waals surface area contributed by atoms with Crippen molar-refractivity contribution in [1.82, 2.24) is 5.32 Å². The minimum Gasteiger partial charge on any atom is -0.493 e. The molecule has 2 aromatic carbocycles. The van der Waals surface area contributed by atoms with E-state index in [0.29, 0.717) is 30.5 Å². The topological polar surface area (TPSA) is 72.1 Å². The van der Waals surface area contributed by atoms with Gasteiger partial charge < -0.3 is 25.4 Å². The molecule has 0 fully saturated rings. The normalized spacial score (nSPS) is 13.7. The highest BCUT2D eigenvalue weighted by atomic mass is 16.5. The number of benzene rings is 2. The molecule has 0 radical (unpaired) electrons. The zero-order valence-corrected chi connectivity index (χ0v) is 15.8. The first-order chi connectivity index (χ1) is 13.2. The summed E-state index contributed by atoms with van der Waals surface area (Å²) in [5.74, 6) is 1.81. The molecule has 0 saturated carbocycles. The minimum absolute atomic E-state index is 0.415. The molecule has 6 heteroatoms. The molecule has 0 aliphatic carbocycles. The number of hydrogen-bond donors (Lipinski definition) is 2. The number of anilines is 1.